The summed E-state index contributed by atoms with van der Waals surface area (Å²) in [4.78, 5) is 68.8. The largest absolute Gasteiger partial charge is 0.496 e. The molecule has 3 amide bonds. The Morgan fingerprint density at radius 1 is 0.315 bits per heavy atom. The molecule has 0 saturated carbocycles. The van der Waals surface area contributed by atoms with E-state index >= 15 is 0 Å². The van der Waals surface area contributed by atoms with Crippen LogP contribution in [0.25, 0.3) is 0 Å². The van der Waals surface area contributed by atoms with Gasteiger partial charge in [-0.05, 0) is 18.2 Å². The van der Waals surface area contributed by atoms with Crippen LogP contribution in [0.1, 0.15) is 41.4 Å². The van der Waals surface area contributed by atoms with E-state index in [0.29, 0.717) is 66.1 Å². The van der Waals surface area contributed by atoms with Crippen molar-refractivity contribution in [3.63, 3.8) is 0 Å². The lowest BCUT2D eigenvalue weighted by Crippen LogP contribution is -2.20. The Morgan fingerprint density at radius 2 is 0.576 bits per heavy atom. The average Bonchev–Trinajstić information content (AvgIpc) is 1.08. The van der Waals surface area contributed by atoms with Gasteiger partial charge in [0.1, 0.15) is 72.2 Å². The molecule has 31 nitrogen and oxygen atoms in total. The zero-order valence-electron chi connectivity index (χ0n) is 53.6. The number of hydrogen-bond donors (Lipinski definition) is 3. The van der Waals surface area contributed by atoms with Crippen molar-refractivity contribution in [3.8, 4) is 46.0 Å². The van der Waals surface area contributed by atoms with E-state index in [1.54, 1.807) is 28.4 Å². The van der Waals surface area contributed by atoms with Crippen LogP contribution in [0.15, 0.2) is 48.5 Å². The molecule has 0 spiro atoms. The molecule has 0 atom stereocenters. The van der Waals surface area contributed by atoms with Crippen molar-refractivity contribution < 1.29 is 124 Å². The van der Waals surface area contributed by atoms with Crippen molar-refractivity contribution >= 4 is 46.4 Å². The van der Waals surface area contributed by atoms with Gasteiger partial charge in [-0.1, -0.05) is 0 Å². The summed E-state index contributed by atoms with van der Waals surface area (Å²) < 4.78 is 116. The van der Waals surface area contributed by atoms with Gasteiger partial charge in [0, 0.05) is 58.8 Å². The number of anilines is 3. The molecule has 512 valence electrons. The summed E-state index contributed by atoms with van der Waals surface area (Å²) in [6.07, 6.45) is 0. The first kappa shape index (κ1) is 76.5. The van der Waals surface area contributed by atoms with Crippen molar-refractivity contribution in [1.82, 2.24) is 0 Å². The molecular weight excluding hydrogens is 1220 g/mol. The SMILES string of the molecule is COCCOCCOCCOc1cc(OCCOCCOCCOC)c(C(=O)Nc2cc(C(=O)Nc3cc(C(=O)OC)c(OCCOCCOCCOC)cc3OCCOCCOCCOC)c(OC)cc2OC)cc1NC(=O)c1cc([N+](=O)[O-])c(OC)cc1OC. The summed E-state index contributed by atoms with van der Waals surface area (Å²) in [6.45, 7) is 5.20. The summed E-state index contributed by atoms with van der Waals surface area (Å²) in [7, 11) is 12.5. The van der Waals surface area contributed by atoms with Gasteiger partial charge >= 0.3 is 11.7 Å². The quantitative estimate of drug-likeness (QED) is 0.0215. The standard InChI is InChI=1S/C61H86N4O27/c1-72-10-14-81-18-22-85-26-30-89-52-40-55(91-32-28-87-24-20-83-16-12-74-3)47(63-60(68)44-37-49(65(70)71)57(79-8)39-51(44)77-6)35-43(52)59(67)62-46-34-42(50(76-5)38-54(46)78-7)58(66)64-48-36-45(61(69)80-9)53(90-31-27-86-23-19-82-15-11-73-2)41-56(48)92-33-29-88-25-21-84-17-13-75-4/h34-41H,10-33H2,1-9H3,(H,62,67)(H,63,68)(H,64,66). The van der Waals surface area contributed by atoms with E-state index in [2.05, 4.69) is 16.0 Å². The fourth-order valence-corrected chi connectivity index (χ4v) is 7.89. The number of carbonyl (C=O) groups excluding carboxylic acids is 4. The molecule has 0 saturated heterocycles. The molecule has 0 aliphatic rings. The highest BCUT2D eigenvalue weighted by atomic mass is 16.6. The van der Waals surface area contributed by atoms with Crippen molar-refractivity contribution in [2.45, 2.75) is 0 Å². The third-order valence-corrected chi connectivity index (χ3v) is 12.4. The molecule has 31 heteroatoms. The Bertz CT molecular complexity index is 2860. The van der Waals surface area contributed by atoms with Crippen molar-refractivity contribution in [2.24, 2.45) is 0 Å². The van der Waals surface area contributed by atoms with Crippen LogP contribution >= 0.6 is 0 Å². The molecule has 4 aromatic rings. The van der Waals surface area contributed by atoms with Crippen LogP contribution in [0.4, 0.5) is 22.7 Å². The van der Waals surface area contributed by atoms with Crippen LogP contribution < -0.4 is 53.8 Å². The number of ether oxygens (including phenoxy) is 21. The highest BCUT2D eigenvalue weighted by Gasteiger charge is 2.28. The number of nitrogens with one attached hydrogen (secondary N) is 3. The van der Waals surface area contributed by atoms with E-state index < -0.39 is 34.3 Å². The monoisotopic (exact) mass is 1310 g/mol. The lowest BCUT2D eigenvalue weighted by Gasteiger charge is -2.20. The number of nitro groups is 1. The number of nitro benzene ring substituents is 1. The number of esters is 1. The van der Waals surface area contributed by atoms with Gasteiger partial charge < -0.3 is 115 Å². The van der Waals surface area contributed by atoms with Crippen molar-refractivity contribution in [1.29, 1.82) is 0 Å². The molecule has 92 heavy (non-hydrogen) atoms. The van der Waals surface area contributed by atoms with Crippen molar-refractivity contribution in [2.75, 3.05) is 239 Å². The van der Waals surface area contributed by atoms with E-state index in [1.807, 2.05) is 0 Å². The van der Waals surface area contributed by atoms with Crippen LogP contribution in [-0.2, 0) is 61.6 Å². The van der Waals surface area contributed by atoms with Gasteiger partial charge in [0.15, 0.2) is 0 Å². The predicted octanol–water partition coefficient (Wildman–Crippen LogP) is 5.41. The van der Waals surface area contributed by atoms with Crippen LogP contribution in [0.5, 0.6) is 46.0 Å². The minimum Gasteiger partial charge on any atom is -0.496 e. The maximum absolute atomic E-state index is 15.0. The first-order chi connectivity index (χ1) is 44.8. The fourth-order valence-electron chi connectivity index (χ4n) is 7.89. The topological polar surface area (TPSA) is 341 Å². The van der Waals surface area contributed by atoms with Gasteiger partial charge in [-0.2, -0.15) is 0 Å². The Hall–Kier alpha value is -7.92. The van der Waals surface area contributed by atoms with Crippen LogP contribution in [0, 0.1) is 10.1 Å². The van der Waals surface area contributed by atoms with Gasteiger partial charge in [0.2, 0.25) is 5.75 Å². The zero-order chi connectivity index (χ0) is 66.7. The molecule has 4 aromatic carbocycles. The number of nitrogens with zero attached hydrogens (tertiary/aromatic N) is 1. The number of carbonyl (C=O) groups is 4. The molecule has 4 rings (SSSR count). The summed E-state index contributed by atoms with van der Waals surface area (Å²) >= 11 is 0. The van der Waals surface area contributed by atoms with E-state index in [-0.39, 0.29) is 178 Å². The van der Waals surface area contributed by atoms with Gasteiger partial charge in [0.25, 0.3) is 17.7 Å². The summed E-state index contributed by atoms with van der Waals surface area (Å²) in [6, 6.07) is 10.1. The maximum Gasteiger partial charge on any atom is 0.341 e. The van der Waals surface area contributed by atoms with Gasteiger partial charge in [0.05, 0.1) is 206 Å². The lowest BCUT2D eigenvalue weighted by molar-refractivity contribution is -0.385. The Kier molecular flexibility index (Phi) is 37.7. The zero-order valence-corrected chi connectivity index (χ0v) is 53.6. The number of amides is 3. The second-order valence-electron chi connectivity index (χ2n) is 18.5. The molecule has 0 fully saturated rings. The third kappa shape index (κ3) is 26.7. The fraction of sp³-hybridized carbons (Fsp3) is 0.541. The van der Waals surface area contributed by atoms with Gasteiger partial charge in [-0.25, -0.2) is 4.79 Å². The smallest absolute Gasteiger partial charge is 0.341 e. The Labute approximate surface area is 533 Å². The van der Waals surface area contributed by atoms with E-state index in [4.69, 9.17) is 99.5 Å². The number of benzene rings is 4. The number of hydrogen-bond acceptors (Lipinski definition) is 27. The predicted molar refractivity (Wildman–Crippen MR) is 330 cm³/mol. The number of methoxy groups -OCH3 is 9. The van der Waals surface area contributed by atoms with Gasteiger partial charge in [-0.15, -0.1) is 0 Å². The highest BCUT2D eigenvalue weighted by Crippen LogP contribution is 2.40. The summed E-state index contributed by atoms with van der Waals surface area (Å²) in [5, 5.41) is 20.4. The molecule has 0 aliphatic carbocycles. The highest BCUT2D eigenvalue weighted by molar-refractivity contribution is 6.13. The minimum absolute atomic E-state index is 0.00703. The average molecular weight is 1310 g/mol. The summed E-state index contributed by atoms with van der Waals surface area (Å²) in [5.74, 6) is -3.71. The van der Waals surface area contributed by atoms with Crippen molar-refractivity contribution in [3.05, 3.63) is 80.9 Å². The Morgan fingerprint density at radius 3 is 0.902 bits per heavy atom. The van der Waals surface area contributed by atoms with E-state index in [0.717, 1.165) is 6.07 Å². The maximum atomic E-state index is 15.0. The molecule has 0 aliphatic heterocycles. The Balaban J connectivity index is 1.78. The molecule has 0 radical (unpaired) electrons. The van der Waals surface area contributed by atoms with Crippen LogP contribution in [-0.4, -0.2) is 251 Å². The van der Waals surface area contributed by atoms with E-state index in [1.165, 1.54) is 78.0 Å². The lowest BCUT2D eigenvalue weighted by atomic mass is 10.1. The van der Waals surface area contributed by atoms with Gasteiger partial charge in [-0.3, -0.25) is 24.5 Å². The normalized spacial score (nSPS) is 11.0. The first-order valence-corrected chi connectivity index (χ1v) is 29.0. The molecule has 0 unspecified atom stereocenters. The summed E-state index contributed by atoms with van der Waals surface area (Å²) in [5.41, 5.74) is -1.47. The molecule has 0 aromatic heterocycles. The minimum atomic E-state index is -0.918. The first-order valence-electron chi connectivity index (χ1n) is 29.0. The molecule has 3 N–H and O–H groups in total. The molecule has 0 bridgehead atoms. The number of rotatable bonds is 52. The molecular formula is C61H86N4O27. The second-order valence-corrected chi connectivity index (χ2v) is 18.5. The second kappa shape index (κ2) is 45.4. The molecule has 0 heterocycles. The van der Waals surface area contributed by atoms with Crippen LogP contribution in [0.3, 0.4) is 0 Å². The van der Waals surface area contributed by atoms with E-state index in [9.17, 15) is 29.3 Å². The van der Waals surface area contributed by atoms with Crippen LogP contribution in [0.2, 0.25) is 0 Å². The third-order valence-electron chi connectivity index (χ3n) is 12.4.